The molecule has 0 atom stereocenters. The van der Waals surface area contributed by atoms with E-state index in [0.717, 1.165) is 13.0 Å². The molecule has 0 aliphatic carbocycles. The first kappa shape index (κ1) is 12.7. The summed E-state index contributed by atoms with van der Waals surface area (Å²) in [5.41, 5.74) is 6.04. The van der Waals surface area contributed by atoms with Gasteiger partial charge in [0.25, 0.3) is 5.91 Å². The number of aromatic nitrogens is 1. The Balaban J connectivity index is 2.62. The Bertz CT molecular complexity index is 353. The molecule has 4 N–H and O–H groups in total. The van der Waals surface area contributed by atoms with Crippen molar-refractivity contribution in [2.24, 2.45) is 0 Å². The predicted octanol–water partition coefficient (Wildman–Crippen LogP) is 0.533. The van der Waals surface area contributed by atoms with Crippen molar-refractivity contribution in [1.82, 2.24) is 9.69 Å². The van der Waals surface area contributed by atoms with Gasteiger partial charge in [-0.1, -0.05) is 0 Å². The highest BCUT2D eigenvalue weighted by molar-refractivity contribution is 7.11. The number of hydrogen-bond donors (Lipinski definition) is 3. The fraction of sp³-hybridized carbons (Fsp3) is 0.556. The van der Waals surface area contributed by atoms with Gasteiger partial charge in [-0.05, 0) is 18.0 Å². The molecule has 0 saturated heterocycles. The Morgan fingerprint density at radius 2 is 2.38 bits per heavy atom. The van der Waals surface area contributed by atoms with E-state index >= 15 is 0 Å². The van der Waals surface area contributed by atoms with Gasteiger partial charge in [0.15, 0.2) is 5.82 Å². The molecule has 16 heavy (non-hydrogen) atoms. The maximum Gasteiger partial charge on any atom is 0.257 e. The molecule has 0 radical (unpaired) electrons. The molecule has 90 valence electrons. The lowest BCUT2D eigenvalue weighted by Crippen LogP contribution is -2.20. The first-order valence-corrected chi connectivity index (χ1v) is 5.68. The second kappa shape index (κ2) is 6.29. The Kier molecular flexibility index (Phi) is 5.00. The molecule has 6 nitrogen and oxygen atoms in total. The van der Waals surface area contributed by atoms with Crippen LogP contribution in [0.2, 0.25) is 0 Å². The number of nitrogens with zero attached hydrogens (tertiary/aromatic N) is 1. The highest BCUT2D eigenvalue weighted by Gasteiger charge is 2.17. The number of amides is 1. The van der Waals surface area contributed by atoms with Crippen molar-refractivity contribution >= 4 is 28.3 Å². The molecule has 0 spiro atoms. The molecule has 1 heterocycles. The number of nitrogen functional groups attached to an aromatic ring is 1. The van der Waals surface area contributed by atoms with Gasteiger partial charge in [0, 0.05) is 27.3 Å². The lowest BCUT2D eigenvalue weighted by atomic mass is 10.3. The molecule has 0 fully saturated rings. The molecule has 0 unspecified atom stereocenters. The van der Waals surface area contributed by atoms with Crippen molar-refractivity contribution in [3.63, 3.8) is 0 Å². The number of rotatable bonds is 6. The van der Waals surface area contributed by atoms with Crippen LogP contribution in [0, 0.1) is 0 Å². The lowest BCUT2D eigenvalue weighted by Gasteiger charge is -2.05. The fourth-order valence-corrected chi connectivity index (χ4v) is 1.92. The largest absolute Gasteiger partial charge is 0.385 e. The molecule has 0 aliphatic rings. The third-order valence-electron chi connectivity index (χ3n) is 1.98. The van der Waals surface area contributed by atoms with Crippen LogP contribution >= 0.6 is 11.5 Å². The lowest BCUT2D eigenvalue weighted by molar-refractivity contribution is 0.0965. The van der Waals surface area contributed by atoms with Crippen LogP contribution in [0.3, 0.4) is 0 Å². The van der Waals surface area contributed by atoms with Crippen molar-refractivity contribution < 1.29 is 9.53 Å². The van der Waals surface area contributed by atoms with E-state index in [2.05, 4.69) is 15.0 Å². The monoisotopic (exact) mass is 244 g/mol. The summed E-state index contributed by atoms with van der Waals surface area (Å²) in [6, 6.07) is 0. The van der Waals surface area contributed by atoms with Crippen molar-refractivity contribution in [1.29, 1.82) is 0 Å². The number of nitrogens with one attached hydrogen (secondary N) is 2. The van der Waals surface area contributed by atoms with E-state index in [4.69, 9.17) is 10.5 Å². The van der Waals surface area contributed by atoms with Crippen LogP contribution in [0.5, 0.6) is 0 Å². The van der Waals surface area contributed by atoms with Gasteiger partial charge in [-0.15, -0.1) is 0 Å². The Morgan fingerprint density at radius 1 is 1.62 bits per heavy atom. The first-order valence-electron chi connectivity index (χ1n) is 4.90. The van der Waals surface area contributed by atoms with Gasteiger partial charge in [-0.3, -0.25) is 4.79 Å². The van der Waals surface area contributed by atoms with Crippen LogP contribution in [-0.4, -0.2) is 37.6 Å². The van der Waals surface area contributed by atoms with Gasteiger partial charge in [-0.25, -0.2) is 0 Å². The molecule has 0 saturated carbocycles. The van der Waals surface area contributed by atoms with Gasteiger partial charge >= 0.3 is 0 Å². The minimum Gasteiger partial charge on any atom is -0.385 e. The number of carbonyl (C=O) groups excluding carboxylic acids is 1. The Labute approximate surface area is 98.3 Å². The van der Waals surface area contributed by atoms with Gasteiger partial charge in [0.1, 0.15) is 10.6 Å². The summed E-state index contributed by atoms with van der Waals surface area (Å²) in [5.74, 6) is 0.0408. The second-order valence-electron chi connectivity index (χ2n) is 3.12. The summed E-state index contributed by atoms with van der Waals surface area (Å²) < 4.78 is 8.88. The average molecular weight is 244 g/mol. The van der Waals surface area contributed by atoms with Crippen molar-refractivity contribution in [3.05, 3.63) is 5.56 Å². The second-order valence-corrected chi connectivity index (χ2v) is 3.90. The molecule has 1 amide bonds. The number of hydrogen-bond acceptors (Lipinski definition) is 6. The third kappa shape index (κ3) is 3.07. The Morgan fingerprint density at radius 3 is 3.00 bits per heavy atom. The zero-order valence-electron chi connectivity index (χ0n) is 9.37. The van der Waals surface area contributed by atoms with Crippen molar-refractivity contribution in [2.75, 3.05) is 38.4 Å². The summed E-state index contributed by atoms with van der Waals surface area (Å²) in [6.07, 6.45) is 0.863. The zero-order chi connectivity index (χ0) is 12.0. The molecule has 0 aromatic carbocycles. The average Bonchev–Trinajstić information content (AvgIpc) is 2.65. The van der Waals surface area contributed by atoms with Crippen molar-refractivity contribution in [3.8, 4) is 0 Å². The summed E-state index contributed by atoms with van der Waals surface area (Å²) in [5, 5.41) is 6.35. The molecule has 7 heteroatoms. The Hall–Kier alpha value is -1.34. The summed E-state index contributed by atoms with van der Waals surface area (Å²) >= 11 is 1.19. The van der Waals surface area contributed by atoms with E-state index in [1.807, 2.05) is 0 Å². The molecular formula is C9H16N4O2S. The quantitative estimate of drug-likeness (QED) is 0.635. The van der Waals surface area contributed by atoms with Gasteiger partial charge in [-0.2, -0.15) is 4.37 Å². The summed E-state index contributed by atoms with van der Waals surface area (Å²) in [4.78, 5) is 11.5. The van der Waals surface area contributed by atoms with E-state index in [1.165, 1.54) is 11.5 Å². The number of ether oxygens (including phenoxy) is 1. The summed E-state index contributed by atoms with van der Waals surface area (Å²) in [7, 11) is 3.22. The molecule has 0 bridgehead atoms. The van der Waals surface area contributed by atoms with Crippen LogP contribution in [-0.2, 0) is 4.74 Å². The van der Waals surface area contributed by atoms with Crippen LogP contribution in [0.25, 0.3) is 0 Å². The van der Waals surface area contributed by atoms with Crippen LogP contribution < -0.4 is 16.4 Å². The van der Waals surface area contributed by atoms with E-state index in [9.17, 15) is 4.79 Å². The van der Waals surface area contributed by atoms with Crippen molar-refractivity contribution in [2.45, 2.75) is 6.42 Å². The molecule has 1 rings (SSSR count). The number of anilines is 2. The normalized spacial score (nSPS) is 10.1. The summed E-state index contributed by atoms with van der Waals surface area (Å²) in [6.45, 7) is 1.40. The third-order valence-corrected chi connectivity index (χ3v) is 2.80. The van der Waals surface area contributed by atoms with Gasteiger partial charge in [0.2, 0.25) is 0 Å². The zero-order valence-corrected chi connectivity index (χ0v) is 10.2. The molecule has 0 aliphatic heterocycles. The van der Waals surface area contributed by atoms with Crippen LogP contribution in [0.4, 0.5) is 10.8 Å². The number of methoxy groups -OCH3 is 1. The van der Waals surface area contributed by atoms with Gasteiger partial charge < -0.3 is 21.1 Å². The molecule has 1 aromatic rings. The maximum atomic E-state index is 11.5. The van der Waals surface area contributed by atoms with E-state index < -0.39 is 0 Å². The molecular weight excluding hydrogens is 228 g/mol. The fourth-order valence-electron chi connectivity index (χ4n) is 1.19. The number of nitrogens with two attached hydrogens (primary N) is 1. The highest BCUT2D eigenvalue weighted by Crippen LogP contribution is 2.26. The SMILES string of the molecule is CNC(=O)c1c(N)nsc1NCCCOC. The highest BCUT2D eigenvalue weighted by atomic mass is 32.1. The standard InChI is InChI=1S/C9H16N4O2S/c1-11-8(14)6-7(10)13-16-9(6)12-4-3-5-15-2/h12H,3-5H2,1-2H3,(H2,10,13)(H,11,14). The van der Waals surface area contributed by atoms with Crippen LogP contribution in [0.15, 0.2) is 0 Å². The first-order chi connectivity index (χ1) is 7.70. The van der Waals surface area contributed by atoms with E-state index in [0.29, 0.717) is 17.2 Å². The van der Waals surface area contributed by atoms with Gasteiger partial charge in [0.05, 0.1) is 0 Å². The topological polar surface area (TPSA) is 89.3 Å². The van der Waals surface area contributed by atoms with E-state index in [-0.39, 0.29) is 11.7 Å². The smallest absolute Gasteiger partial charge is 0.257 e. The molecule has 1 aromatic heterocycles. The van der Waals surface area contributed by atoms with Crippen LogP contribution in [0.1, 0.15) is 16.8 Å². The minimum absolute atomic E-state index is 0.222. The predicted molar refractivity (Wildman–Crippen MR) is 64.9 cm³/mol. The number of carbonyl (C=O) groups is 1. The maximum absolute atomic E-state index is 11.5. The minimum atomic E-state index is -0.222. The van der Waals surface area contributed by atoms with E-state index in [1.54, 1.807) is 14.2 Å².